The normalized spacial score (nSPS) is 11.2. The van der Waals surface area contributed by atoms with Crippen molar-refractivity contribution >= 4 is 38.9 Å². The Bertz CT molecular complexity index is 2180. The third-order valence-corrected chi connectivity index (χ3v) is 8.38. The molecule has 0 fully saturated rings. The molecule has 1 aromatic heterocycles. The van der Waals surface area contributed by atoms with E-state index in [1.54, 1.807) is 0 Å². The second-order valence-electron chi connectivity index (χ2n) is 11.0. The zero-order chi connectivity index (χ0) is 29.3. The summed E-state index contributed by atoms with van der Waals surface area (Å²) in [5.74, 6) is 0. The predicted octanol–water partition coefficient (Wildman–Crippen LogP) is 11.6. The fraction of sp³-hybridized carbons (Fsp3) is 0. The van der Waals surface area contributed by atoms with Crippen LogP contribution in [0.3, 0.4) is 0 Å². The Morgan fingerprint density at radius 1 is 0.364 bits per heavy atom. The number of aromatic nitrogens is 1. The van der Waals surface area contributed by atoms with Crippen molar-refractivity contribution in [3.8, 4) is 27.9 Å². The number of hydrogen-bond acceptors (Lipinski definition) is 1. The second kappa shape index (κ2) is 11.1. The Morgan fingerprint density at radius 2 is 0.909 bits per heavy atom. The van der Waals surface area contributed by atoms with Crippen LogP contribution in [-0.4, -0.2) is 4.57 Å². The van der Waals surface area contributed by atoms with Crippen molar-refractivity contribution in [2.45, 2.75) is 0 Å². The minimum absolute atomic E-state index is 1.11. The van der Waals surface area contributed by atoms with E-state index in [1.165, 1.54) is 44.1 Å². The number of nitrogens with zero attached hydrogens (tertiary/aromatic N) is 2. The van der Waals surface area contributed by atoms with Gasteiger partial charge in [0.25, 0.3) is 0 Å². The minimum atomic E-state index is 1.11. The standard InChI is InChI=1S/C42H30N2/c1-5-14-31(15-6-1)32-24-26-36(27-25-32)43(34-18-9-3-10-19-34)37-28-29-39-41(30-37)44(35-20-11-4-12-21-35)40-23-13-22-38(42(39)40)33-16-7-2-8-17-33/h1-30H. The molecule has 0 N–H and O–H groups in total. The molecule has 8 aromatic rings. The lowest BCUT2D eigenvalue weighted by Crippen LogP contribution is -2.10. The van der Waals surface area contributed by atoms with Gasteiger partial charge in [0, 0.05) is 33.5 Å². The molecule has 2 heteroatoms. The van der Waals surface area contributed by atoms with Crippen molar-refractivity contribution in [2.24, 2.45) is 0 Å². The Labute approximate surface area is 257 Å². The number of anilines is 3. The molecule has 0 aliphatic heterocycles. The van der Waals surface area contributed by atoms with Crippen LogP contribution in [0.25, 0.3) is 49.7 Å². The SMILES string of the molecule is c1ccc(-c2ccc(N(c3ccccc3)c3ccc4c5c(-c6ccccc6)cccc5n(-c5ccccc5)c4c3)cc2)cc1. The van der Waals surface area contributed by atoms with Crippen LogP contribution in [0.1, 0.15) is 0 Å². The molecular formula is C42H30N2. The van der Waals surface area contributed by atoms with Gasteiger partial charge in [-0.25, -0.2) is 0 Å². The highest BCUT2D eigenvalue weighted by molar-refractivity contribution is 6.16. The summed E-state index contributed by atoms with van der Waals surface area (Å²) in [6, 6.07) is 65.0. The summed E-state index contributed by atoms with van der Waals surface area (Å²) in [6.45, 7) is 0. The van der Waals surface area contributed by atoms with Crippen molar-refractivity contribution in [1.82, 2.24) is 4.57 Å². The molecule has 0 atom stereocenters. The second-order valence-corrected chi connectivity index (χ2v) is 11.0. The molecule has 0 saturated heterocycles. The maximum atomic E-state index is 2.41. The van der Waals surface area contributed by atoms with Gasteiger partial charge in [-0.1, -0.05) is 127 Å². The smallest absolute Gasteiger partial charge is 0.0562 e. The molecule has 44 heavy (non-hydrogen) atoms. The highest BCUT2D eigenvalue weighted by Gasteiger charge is 2.19. The van der Waals surface area contributed by atoms with E-state index >= 15 is 0 Å². The Morgan fingerprint density at radius 3 is 1.59 bits per heavy atom. The number of hydrogen-bond donors (Lipinski definition) is 0. The van der Waals surface area contributed by atoms with Gasteiger partial charge in [-0.05, 0) is 76.9 Å². The van der Waals surface area contributed by atoms with E-state index in [0.29, 0.717) is 0 Å². The van der Waals surface area contributed by atoms with Crippen molar-refractivity contribution in [3.63, 3.8) is 0 Å². The van der Waals surface area contributed by atoms with E-state index in [9.17, 15) is 0 Å². The number of benzene rings is 7. The van der Waals surface area contributed by atoms with E-state index in [0.717, 1.165) is 22.7 Å². The first-order chi connectivity index (χ1) is 21.8. The van der Waals surface area contributed by atoms with E-state index in [-0.39, 0.29) is 0 Å². The van der Waals surface area contributed by atoms with E-state index in [1.807, 2.05) is 0 Å². The lowest BCUT2D eigenvalue weighted by Gasteiger charge is -2.26. The monoisotopic (exact) mass is 562 g/mol. The predicted molar refractivity (Wildman–Crippen MR) is 186 cm³/mol. The van der Waals surface area contributed by atoms with Gasteiger partial charge in [0.05, 0.1) is 11.0 Å². The van der Waals surface area contributed by atoms with Crippen molar-refractivity contribution in [2.75, 3.05) is 4.90 Å². The summed E-state index contributed by atoms with van der Waals surface area (Å²) in [4.78, 5) is 2.35. The Kier molecular flexibility index (Phi) is 6.51. The quantitative estimate of drug-likeness (QED) is 0.196. The maximum absolute atomic E-state index is 2.41. The summed E-state index contributed by atoms with van der Waals surface area (Å²) < 4.78 is 2.41. The van der Waals surface area contributed by atoms with Crippen LogP contribution in [-0.2, 0) is 0 Å². The molecule has 0 unspecified atom stereocenters. The number of fused-ring (bicyclic) bond motifs is 3. The molecule has 0 aliphatic rings. The first-order valence-electron chi connectivity index (χ1n) is 15.0. The first-order valence-corrected chi connectivity index (χ1v) is 15.0. The fourth-order valence-corrected chi connectivity index (χ4v) is 6.37. The number of para-hydroxylation sites is 2. The van der Waals surface area contributed by atoms with E-state index in [4.69, 9.17) is 0 Å². The molecule has 0 amide bonds. The molecule has 0 spiro atoms. The summed E-state index contributed by atoms with van der Waals surface area (Å²) in [7, 11) is 0. The third-order valence-electron chi connectivity index (χ3n) is 8.38. The zero-order valence-electron chi connectivity index (χ0n) is 24.2. The molecule has 0 aliphatic carbocycles. The van der Waals surface area contributed by atoms with E-state index < -0.39 is 0 Å². The largest absolute Gasteiger partial charge is 0.310 e. The Balaban J connectivity index is 1.36. The molecular weight excluding hydrogens is 532 g/mol. The topological polar surface area (TPSA) is 8.17 Å². The van der Waals surface area contributed by atoms with Crippen LogP contribution in [0.15, 0.2) is 182 Å². The zero-order valence-corrected chi connectivity index (χ0v) is 24.2. The average molecular weight is 563 g/mol. The number of rotatable bonds is 6. The van der Waals surface area contributed by atoms with Gasteiger partial charge in [-0.2, -0.15) is 0 Å². The van der Waals surface area contributed by atoms with Gasteiger partial charge in [0.2, 0.25) is 0 Å². The van der Waals surface area contributed by atoms with Crippen LogP contribution in [0.4, 0.5) is 17.1 Å². The molecule has 7 aromatic carbocycles. The molecule has 2 nitrogen and oxygen atoms in total. The van der Waals surface area contributed by atoms with Crippen LogP contribution in [0, 0.1) is 0 Å². The first kappa shape index (κ1) is 25.8. The summed E-state index contributed by atoms with van der Waals surface area (Å²) >= 11 is 0. The van der Waals surface area contributed by atoms with E-state index in [2.05, 4.69) is 191 Å². The average Bonchev–Trinajstić information content (AvgIpc) is 3.44. The van der Waals surface area contributed by atoms with Crippen LogP contribution in [0.5, 0.6) is 0 Å². The Hall–Kier alpha value is -5.86. The molecule has 0 saturated carbocycles. The fourth-order valence-electron chi connectivity index (χ4n) is 6.37. The van der Waals surface area contributed by atoms with Crippen LogP contribution < -0.4 is 4.90 Å². The molecule has 1 heterocycles. The highest BCUT2D eigenvalue weighted by Crippen LogP contribution is 2.42. The lowest BCUT2D eigenvalue weighted by molar-refractivity contribution is 1.18. The van der Waals surface area contributed by atoms with Gasteiger partial charge in [0.1, 0.15) is 0 Å². The van der Waals surface area contributed by atoms with Gasteiger partial charge >= 0.3 is 0 Å². The summed E-state index contributed by atoms with van der Waals surface area (Å²) in [5, 5.41) is 2.50. The van der Waals surface area contributed by atoms with Gasteiger partial charge in [0.15, 0.2) is 0 Å². The molecule has 8 rings (SSSR count). The lowest BCUT2D eigenvalue weighted by atomic mass is 9.99. The molecule has 0 bridgehead atoms. The van der Waals surface area contributed by atoms with Gasteiger partial charge in [-0.15, -0.1) is 0 Å². The van der Waals surface area contributed by atoms with Crippen LogP contribution >= 0.6 is 0 Å². The molecule has 208 valence electrons. The molecule has 0 radical (unpaired) electrons. The van der Waals surface area contributed by atoms with Crippen molar-refractivity contribution in [3.05, 3.63) is 182 Å². The third kappa shape index (κ3) is 4.54. The summed E-state index contributed by atoms with van der Waals surface area (Å²) in [5.41, 5.74) is 11.7. The van der Waals surface area contributed by atoms with Gasteiger partial charge < -0.3 is 9.47 Å². The minimum Gasteiger partial charge on any atom is -0.310 e. The highest BCUT2D eigenvalue weighted by atomic mass is 15.1. The van der Waals surface area contributed by atoms with Gasteiger partial charge in [-0.3, -0.25) is 0 Å². The maximum Gasteiger partial charge on any atom is 0.0562 e. The van der Waals surface area contributed by atoms with Crippen molar-refractivity contribution < 1.29 is 0 Å². The van der Waals surface area contributed by atoms with Crippen LogP contribution in [0.2, 0.25) is 0 Å². The van der Waals surface area contributed by atoms with Crippen molar-refractivity contribution in [1.29, 1.82) is 0 Å². The summed E-state index contributed by atoms with van der Waals surface area (Å²) in [6.07, 6.45) is 0.